The van der Waals surface area contributed by atoms with E-state index in [0.717, 1.165) is 5.69 Å². The average molecular weight is 370 g/mol. The van der Waals surface area contributed by atoms with Gasteiger partial charge < -0.3 is 5.32 Å². The van der Waals surface area contributed by atoms with Crippen molar-refractivity contribution in [3.63, 3.8) is 0 Å². The number of aromatic nitrogens is 3. The van der Waals surface area contributed by atoms with Gasteiger partial charge in [-0.1, -0.05) is 19.1 Å². The Bertz CT molecular complexity index is 997. The van der Waals surface area contributed by atoms with Gasteiger partial charge in [-0.3, -0.25) is 4.79 Å². The summed E-state index contributed by atoms with van der Waals surface area (Å²) in [4.78, 5) is 16.5. The van der Waals surface area contributed by atoms with Crippen LogP contribution in [0.15, 0.2) is 66.1 Å². The van der Waals surface area contributed by atoms with E-state index in [0.29, 0.717) is 12.1 Å². The molecule has 0 atom stereocenters. The summed E-state index contributed by atoms with van der Waals surface area (Å²) in [7, 11) is -3.49. The molecule has 1 N–H and O–H groups in total. The predicted molar refractivity (Wildman–Crippen MR) is 98.1 cm³/mol. The van der Waals surface area contributed by atoms with Crippen molar-refractivity contribution in [1.82, 2.24) is 14.8 Å². The lowest BCUT2D eigenvalue weighted by Crippen LogP contribution is -2.17. The van der Waals surface area contributed by atoms with Crippen molar-refractivity contribution in [2.45, 2.75) is 18.2 Å². The van der Waals surface area contributed by atoms with E-state index < -0.39 is 15.7 Å². The number of benzene rings is 2. The molecule has 1 amide bonds. The van der Waals surface area contributed by atoms with Crippen molar-refractivity contribution >= 4 is 21.4 Å². The monoisotopic (exact) mass is 370 g/mol. The Kier molecular flexibility index (Phi) is 5.13. The van der Waals surface area contributed by atoms with Crippen LogP contribution in [0.1, 0.15) is 23.7 Å². The van der Waals surface area contributed by atoms with Crippen molar-refractivity contribution in [2.75, 3.05) is 11.1 Å². The first kappa shape index (κ1) is 17.8. The number of nitrogens with one attached hydrogen (secondary N) is 1. The Morgan fingerprint density at radius 2 is 1.85 bits per heavy atom. The Morgan fingerprint density at radius 3 is 2.50 bits per heavy atom. The summed E-state index contributed by atoms with van der Waals surface area (Å²) in [6.45, 7) is 1.79. The summed E-state index contributed by atoms with van der Waals surface area (Å²) in [5.74, 6) is -0.460. The third kappa shape index (κ3) is 3.80. The van der Waals surface area contributed by atoms with Gasteiger partial charge >= 0.3 is 0 Å². The molecule has 3 rings (SSSR count). The first-order valence-electron chi connectivity index (χ1n) is 8.09. The molecule has 0 radical (unpaired) electrons. The minimum absolute atomic E-state index is 0.00387. The molecule has 26 heavy (non-hydrogen) atoms. The highest BCUT2D eigenvalue weighted by molar-refractivity contribution is 7.91. The molecule has 0 aliphatic carbocycles. The van der Waals surface area contributed by atoms with Crippen molar-refractivity contribution in [1.29, 1.82) is 0 Å². The molecule has 1 aromatic heterocycles. The van der Waals surface area contributed by atoms with Gasteiger partial charge in [0.05, 0.1) is 21.9 Å². The highest BCUT2D eigenvalue weighted by atomic mass is 32.2. The number of hydrogen-bond acceptors (Lipinski definition) is 5. The quantitative estimate of drug-likeness (QED) is 0.720. The summed E-state index contributed by atoms with van der Waals surface area (Å²) in [5.41, 5.74) is 1.49. The molecule has 134 valence electrons. The lowest BCUT2D eigenvalue weighted by Gasteiger charge is -2.11. The lowest BCUT2D eigenvalue weighted by atomic mass is 10.2. The highest BCUT2D eigenvalue weighted by Gasteiger charge is 2.21. The maximum Gasteiger partial charge on any atom is 0.256 e. The molecule has 0 aliphatic heterocycles. The Labute approximate surface area is 151 Å². The third-order valence-corrected chi connectivity index (χ3v) is 5.72. The number of carbonyl (C=O) groups excluding carboxylic acids is 1. The van der Waals surface area contributed by atoms with E-state index in [4.69, 9.17) is 0 Å². The van der Waals surface area contributed by atoms with Crippen LogP contribution in [0.3, 0.4) is 0 Å². The standard InChI is InChI=1S/C18H18N4O3S/c1-2-11-26(24,25)17-6-4-3-5-16(17)18(23)21-14-7-9-15(10-8-14)22-13-19-12-20-22/h3-10,12-13H,2,11H2,1H3,(H,21,23). The molecule has 0 fully saturated rings. The maximum atomic E-state index is 12.6. The fraction of sp³-hybridized carbons (Fsp3) is 0.167. The summed E-state index contributed by atoms with van der Waals surface area (Å²) < 4.78 is 26.4. The van der Waals surface area contributed by atoms with Crippen LogP contribution in [-0.2, 0) is 9.84 Å². The Hall–Kier alpha value is -3.00. The van der Waals surface area contributed by atoms with Gasteiger partial charge in [0, 0.05) is 5.69 Å². The molecule has 0 bridgehead atoms. The van der Waals surface area contributed by atoms with Gasteiger partial charge in [-0.2, -0.15) is 5.10 Å². The van der Waals surface area contributed by atoms with E-state index in [1.165, 1.54) is 18.5 Å². The minimum Gasteiger partial charge on any atom is -0.322 e. The number of amides is 1. The van der Waals surface area contributed by atoms with Crippen LogP contribution in [0.4, 0.5) is 5.69 Å². The lowest BCUT2D eigenvalue weighted by molar-refractivity contribution is 0.102. The molecule has 7 nitrogen and oxygen atoms in total. The zero-order chi connectivity index (χ0) is 18.6. The minimum atomic E-state index is -3.49. The second-order valence-corrected chi connectivity index (χ2v) is 7.73. The molecule has 1 heterocycles. The molecule has 3 aromatic rings. The van der Waals surface area contributed by atoms with Gasteiger partial charge in [0.15, 0.2) is 9.84 Å². The maximum absolute atomic E-state index is 12.6. The van der Waals surface area contributed by atoms with Crippen LogP contribution in [-0.4, -0.2) is 34.8 Å². The smallest absolute Gasteiger partial charge is 0.256 e. The number of sulfone groups is 1. The summed E-state index contributed by atoms with van der Waals surface area (Å²) in [6.07, 6.45) is 3.49. The van der Waals surface area contributed by atoms with E-state index in [9.17, 15) is 13.2 Å². The van der Waals surface area contributed by atoms with E-state index >= 15 is 0 Å². The first-order valence-corrected chi connectivity index (χ1v) is 9.74. The average Bonchev–Trinajstić information content (AvgIpc) is 3.17. The summed E-state index contributed by atoms with van der Waals surface area (Å²) in [5, 5.41) is 6.77. The van der Waals surface area contributed by atoms with Crippen molar-refractivity contribution in [3.05, 3.63) is 66.7 Å². The molecular formula is C18H18N4O3S. The SMILES string of the molecule is CCCS(=O)(=O)c1ccccc1C(=O)Nc1ccc(-n2cncn2)cc1. The summed E-state index contributed by atoms with van der Waals surface area (Å²) >= 11 is 0. The molecule has 0 unspecified atom stereocenters. The molecule has 0 saturated heterocycles. The molecule has 2 aromatic carbocycles. The first-order chi connectivity index (χ1) is 12.5. The molecule has 0 aliphatic rings. The van der Waals surface area contributed by atoms with Crippen LogP contribution in [0.25, 0.3) is 5.69 Å². The zero-order valence-electron chi connectivity index (χ0n) is 14.2. The topological polar surface area (TPSA) is 94.0 Å². The second-order valence-electron chi connectivity index (χ2n) is 5.66. The molecule has 0 spiro atoms. The number of nitrogens with zero attached hydrogens (tertiary/aromatic N) is 3. The van der Waals surface area contributed by atoms with Crippen molar-refractivity contribution in [2.24, 2.45) is 0 Å². The number of hydrogen-bond donors (Lipinski definition) is 1. The fourth-order valence-electron chi connectivity index (χ4n) is 2.54. The van der Waals surface area contributed by atoms with Gasteiger partial charge in [-0.05, 0) is 42.8 Å². The Morgan fingerprint density at radius 1 is 1.12 bits per heavy atom. The zero-order valence-corrected chi connectivity index (χ0v) is 15.0. The highest BCUT2D eigenvalue weighted by Crippen LogP contribution is 2.20. The Balaban J connectivity index is 1.83. The van der Waals surface area contributed by atoms with Crippen LogP contribution < -0.4 is 5.32 Å². The number of anilines is 1. The number of carbonyl (C=O) groups is 1. The largest absolute Gasteiger partial charge is 0.322 e. The van der Waals surface area contributed by atoms with Crippen LogP contribution in [0.5, 0.6) is 0 Å². The van der Waals surface area contributed by atoms with Gasteiger partial charge in [0.2, 0.25) is 0 Å². The van der Waals surface area contributed by atoms with E-state index in [-0.39, 0.29) is 16.2 Å². The van der Waals surface area contributed by atoms with Gasteiger partial charge in [0.25, 0.3) is 5.91 Å². The van der Waals surface area contributed by atoms with E-state index in [2.05, 4.69) is 15.4 Å². The molecule has 8 heteroatoms. The van der Waals surface area contributed by atoms with Crippen LogP contribution in [0, 0.1) is 0 Å². The molecule has 0 saturated carbocycles. The second kappa shape index (κ2) is 7.49. The van der Waals surface area contributed by atoms with Gasteiger partial charge in [0.1, 0.15) is 12.7 Å². The van der Waals surface area contributed by atoms with E-state index in [1.54, 1.807) is 54.3 Å². The third-order valence-electron chi connectivity index (χ3n) is 3.75. The number of rotatable bonds is 6. The normalized spacial score (nSPS) is 11.3. The van der Waals surface area contributed by atoms with Gasteiger partial charge in [-0.15, -0.1) is 0 Å². The van der Waals surface area contributed by atoms with Crippen molar-refractivity contribution in [3.8, 4) is 5.69 Å². The predicted octanol–water partition coefficient (Wildman–Crippen LogP) is 2.70. The fourth-order valence-corrected chi connectivity index (χ4v) is 4.08. The van der Waals surface area contributed by atoms with Crippen LogP contribution >= 0.6 is 0 Å². The van der Waals surface area contributed by atoms with Crippen LogP contribution in [0.2, 0.25) is 0 Å². The van der Waals surface area contributed by atoms with Gasteiger partial charge in [-0.25, -0.2) is 18.1 Å². The van der Waals surface area contributed by atoms with E-state index in [1.807, 2.05) is 0 Å². The molecular weight excluding hydrogens is 352 g/mol. The summed E-state index contributed by atoms with van der Waals surface area (Å²) in [6, 6.07) is 13.2. The van der Waals surface area contributed by atoms with Crippen molar-refractivity contribution < 1.29 is 13.2 Å².